The number of hydrogen-bond acceptors (Lipinski definition) is 3. The van der Waals surface area contributed by atoms with Gasteiger partial charge in [0.15, 0.2) is 0 Å². The van der Waals surface area contributed by atoms with Crippen molar-refractivity contribution in [2.75, 3.05) is 5.43 Å². The van der Waals surface area contributed by atoms with Crippen LogP contribution in [0.5, 0.6) is 0 Å². The van der Waals surface area contributed by atoms with E-state index < -0.39 is 0 Å². The number of fused-ring (bicyclic) bond motifs is 10. The minimum Gasteiger partial charge on any atom is -0.396 e. The van der Waals surface area contributed by atoms with Gasteiger partial charge in [0.05, 0.1) is 39.1 Å². The van der Waals surface area contributed by atoms with Crippen LogP contribution in [-0.4, -0.2) is 9.13 Å². The molecule has 2 aromatic heterocycles. The number of hydrazine groups is 1. The first kappa shape index (κ1) is 32.7. The van der Waals surface area contributed by atoms with Gasteiger partial charge in [-0.05, 0) is 87.8 Å². The van der Waals surface area contributed by atoms with Crippen molar-refractivity contribution in [3.63, 3.8) is 0 Å². The maximum Gasteiger partial charge on any atom is 0.0847 e. The Hall–Kier alpha value is -7.76. The van der Waals surface area contributed by atoms with Crippen LogP contribution in [0.15, 0.2) is 200 Å². The van der Waals surface area contributed by atoms with Crippen molar-refractivity contribution in [3.8, 4) is 11.4 Å². The van der Waals surface area contributed by atoms with Gasteiger partial charge in [-0.25, -0.2) is 0 Å². The summed E-state index contributed by atoms with van der Waals surface area (Å²) in [5, 5.41) is 10.0. The molecule has 0 radical (unpaired) electrons. The summed E-state index contributed by atoms with van der Waals surface area (Å²) in [6, 6.07) is 70.8. The quantitative estimate of drug-likeness (QED) is 0.113. The van der Waals surface area contributed by atoms with E-state index in [0.29, 0.717) is 5.70 Å². The average Bonchev–Trinajstić information content (AvgIpc) is 3.81. The summed E-state index contributed by atoms with van der Waals surface area (Å²) < 4.78 is 4.71. The number of nitrogens with one attached hydrogen (secondary N) is 2. The molecule has 0 amide bonds. The molecule has 5 heteroatoms. The second-order valence-electron chi connectivity index (χ2n) is 14.6. The van der Waals surface area contributed by atoms with Gasteiger partial charge >= 0.3 is 0 Å². The lowest BCUT2D eigenvalue weighted by molar-refractivity contribution is 1.08. The first-order valence-corrected chi connectivity index (χ1v) is 19.3. The van der Waals surface area contributed by atoms with Gasteiger partial charge in [-0.3, -0.25) is 5.43 Å². The van der Waals surface area contributed by atoms with Crippen molar-refractivity contribution in [2.24, 2.45) is 5.73 Å². The molecule has 270 valence electrons. The Morgan fingerprint density at radius 3 is 1.33 bits per heavy atom. The molecule has 0 aliphatic carbocycles. The molecular weight excluding hydrogens is 695 g/mol. The fourth-order valence-corrected chi connectivity index (χ4v) is 8.70. The van der Waals surface area contributed by atoms with Gasteiger partial charge in [0.25, 0.3) is 0 Å². The summed E-state index contributed by atoms with van der Waals surface area (Å²) in [5.41, 5.74) is 25.1. The van der Waals surface area contributed by atoms with Gasteiger partial charge in [-0.2, -0.15) is 0 Å². The van der Waals surface area contributed by atoms with Gasteiger partial charge in [0.2, 0.25) is 0 Å². The largest absolute Gasteiger partial charge is 0.396 e. The van der Waals surface area contributed by atoms with Crippen LogP contribution < -0.4 is 16.6 Å². The molecule has 0 saturated heterocycles. The Labute approximate surface area is 329 Å². The third-order valence-corrected chi connectivity index (χ3v) is 11.4. The number of benzene rings is 9. The smallest absolute Gasteiger partial charge is 0.0847 e. The molecule has 0 aliphatic heterocycles. The van der Waals surface area contributed by atoms with Gasteiger partial charge in [-0.1, -0.05) is 140 Å². The van der Waals surface area contributed by atoms with E-state index in [1.54, 1.807) is 0 Å². The van der Waals surface area contributed by atoms with Gasteiger partial charge in [0, 0.05) is 38.5 Å². The Kier molecular flexibility index (Phi) is 7.57. The van der Waals surface area contributed by atoms with Crippen LogP contribution in [0.25, 0.3) is 87.9 Å². The highest BCUT2D eigenvalue weighted by molar-refractivity contribution is 6.22. The van der Waals surface area contributed by atoms with E-state index in [1.807, 2.05) is 30.3 Å². The first-order chi connectivity index (χ1) is 28.2. The van der Waals surface area contributed by atoms with E-state index >= 15 is 0 Å². The van der Waals surface area contributed by atoms with Gasteiger partial charge in [-0.15, -0.1) is 0 Å². The Bertz CT molecular complexity index is 3330. The molecule has 57 heavy (non-hydrogen) atoms. The summed E-state index contributed by atoms with van der Waals surface area (Å²) in [6.07, 6.45) is 0. The van der Waals surface area contributed by atoms with Crippen molar-refractivity contribution in [2.45, 2.75) is 0 Å². The van der Waals surface area contributed by atoms with E-state index in [1.165, 1.54) is 65.2 Å². The molecule has 0 bridgehead atoms. The predicted octanol–water partition coefficient (Wildman–Crippen LogP) is 12.6. The van der Waals surface area contributed by atoms with Gasteiger partial charge < -0.3 is 20.3 Å². The number of aromatic nitrogens is 2. The lowest BCUT2D eigenvalue weighted by Gasteiger charge is -2.18. The average molecular weight is 732 g/mol. The zero-order chi connectivity index (χ0) is 37.9. The molecule has 0 spiro atoms. The highest BCUT2D eigenvalue weighted by Crippen LogP contribution is 2.39. The van der Waals surface area contributed by atoms with Crippen LogP contribution >= 0.6 is 0 Å². The summed E-state index contributed by atoms with van der Waals surface area (Å²) in [5.74, 6) is 0. The van der Waals surface area contributed by atoms with Crippen molar-refractivity contribution >= 4 is 82.2 Å². The standard InChI is InChI=1S/C52H37N5/c53-51(36-22-28-39(29-23-36)56-45-20-10-8-18-43(45)49-41-16-6-4-12-34(41)26-32-47(49)56)52(55-54-38-14-2-1-3-15-38)37-24-30-40(31-25-37)57-46-21-11-9-19-44(46)50-42-17-7-5-13-35(42)27-33-48(50)57/h1-33,54-55H,53H2/b52-51-. The highest BCUT2D eigenvalue weighted by Gasteiger charge is 2.17. The third kappa shape index (κ3) is 5.32. The van der Waals surface area contributed by atoms with E-state index in [9.17, 15) is 0 Å². The SMILES string of the molecule is N/C(=C(\NNc1ccccc1)c1ccc(-n2c3ccccc3c3c4ccccc4ccc32)cc1)c1ccc(-n2c3ccccc3c3c4ccccc4ccc32)cc1. The van der Waals surface area contributed by atoms with Crippen LogP contribution in [0.4, 0.5) is 5.69 Å². The van der Waals surface area contributed by atoms with E-state index in [2.05, 4.69) is 190 Å². The zero-order valence-electron chi connectivity index (χ0n) is 31.0. The number of nitrogens with zero attached hydrogens (tertiary/aromatic N) is 2. The highest BCUT2D eigenvalue weighted by atomic mass is 15.4. The van der Waals surface area contributed by atoms with Crippen LogP contribution in [0.2, 0.25) is 0 Å². The number of anilines is 1. The number of rotatable bonds is 7. The van der Waals surface area contributed by atoms with E-state index in [-0.39, 0.29) is 0 Å². The summed E-state index contributed by atoms with van der Waals surface area (Å²) >= 11 is 0. The molecule has 5 nitrogen and oxygen atoms in total. The summed E-state index contributed by atoms with van der Waals surface area (Å²) in [4.78, 5) is 0. The van der Waals surface area contributed by atoms with Crippen molar-refractivity contribution in [1.29, 1.82) is 0 Å². The molecule has 9 aromatic carbocycles. The molecule has 0 atom stereocenters. The maximum atomic E-state index is 7.15. The lowest BCUT2D eigenvalue weighted by Crippen LogP contribution is -2.23. The normalized spacial score (nSPS) is 12.2. The molecule has 4 N–H and O–H groups in total. The number of para-hydroxylation sites is 3. The van der Waals surface area contributed by atoms with Crippen LogP contribution in [-0.2, 0) is 0 Å². The summed E-state index contributed by atoms with van der Waals surface area (Å²) in [6.45, 7) is 0. The molecule has 11 rings (SSSR count). The van der Waals surface area contributed by atoms with Gasteiger partial charge in [0.1, 0.15) is 0 Å². The van der Waals surface area contributed by atoms with Crippen molar-refractivity contribution in [3.05, 3.63) is 211 Å². The number of hydrogen-bond donors (Lipinski definition) is 3. The van der Waals surface area contributed by atoms with E-state index in [4.69, 9.17) is 5.73 Å². The molecule has 0 unspecified atom stereocenters. The predicted molar refractivity (Wildman–Crippen MR) is 241 cm³/mol. The monoisotopic (exact) mass is 731 g/mol. The zero-order valence-corrected chi connectivity index (χ0v) is 31.0. The first-order valence-electron chi connectivity index (χ1n) is 19.3. The molecule has 0 saturated carbocycles. The van der Waals surface area contributed by atoms with E-state index in [0.717, 1.165) is 33.9 Å². The molecule has 0 aliphatic rings. The maximum absolute atomic E-state index is 7.15. The fraction of sp³-hybridized carbons (Fsp3) is 0. The molecule has 11 aromatic rings. The minimum absolute atomic E-state index is 0.634. The van der Waals surface area contributed by atoms with Crippen LogP contribution in [0, 0.1) is 0 Å². The molecule has 0 fully saturated rings. The molecular formula is C52H37N5. The fourth-order valence-electron chi connectivity index (χ4n) is 8.70. The minimum atomic E-state index is 0.634. The Morgan fingerprint density at radius 2 is 0.807 bits per heavy atom. The van der Waals surface area contributed by atoms with Crippen LogP contribution in [0.1, 0.15) is 11.1 Å². The number of nitrogens with two attached hydrogens (primary N) is 1. The Balaban J connectivity index is 1.01. The summed E-state index contributed by atoms with van der Waals surface area (Å²) in [7, 11) is 0. The second kappa shape index (κ2) is 13.2. The van der Waals surface area contributed by atoms with Crippen molar-refractivity contribution < 1.29 is 0 Å². The molecule has 2 heterocycles. The Morgan fingerprint density at radius 1 is 0.368 bits per heavy atom. The second-order valence-corrected chi connectivity index (χ2v) is 14.6. The van der Waals surface area contributed by atoms with Crippen LogP contribution in [0.3, 0.4) is 0 Å². The van der Waals surface area contributed by atoms with Crippen molar-refractivity contribution in [1.82, 2.24) is 14.6 Å². The topological polar surface area (TPSA) is 59.9 Å². The lowest BCUT2D eigenvalue weighted by atomic mass is 10.0. The third-order valence-electron chi connectivity index (χ3n) is 11.4.